The number of urea groups is 1. The second kappa shape index (κ2) is 7.26. The minimum Gasteiger partial charge on any atom is -0.354 e. The van der Waals surface area contributed by atoms with E-state index < -0.39 is 0 Å². The lowest BCUT2D eigenvalue weighted by atomic mass is 9.99. The van der Waals surface area contributed by atoms with Crippen molar-refractivity contribution in [2.24, 2.45) is 7.05 Å². The van der Waals surface area contributed by atoms with E-state index in [1.807, 2.05) is 23.7 Å². The van der Waals surface area contributed by atoms with Crippen molar-refractivity contribution in [2.45, 2.75) is 25.3 Å². The van der Waals surface area contributed by atoms with Crippen LogP contribution in [0.4, 0.5) is 4.79 Å². The lowest BCUT2D eigenvalue weighted by Gasteiger charge is -2.36. The van der Waals surface area contributed by atoms with Crippen LogP contribution in [0.5, 0.6) is 0 Å². The molecule has 3 heterocycles. The predicted octanol–water partition coefficient (Wildman–Crippen LogP) is 0.464. The molecule has 8 nitrogen and oxygen atoms in total. The Balaban J connectivity index is 1.77. The van der Waals surface area contributed by atoms with Crippen molar-refractivity contribution in [3.8, 4) is 0 Å². The van der Waals surface area contributed by atoms with Crippen LogP contribution >= 0.6 is 0 Å². The number of amides is 4. The smallest absolute Gasteiger partial charge is 0.324 e. The summed E-state index contributed by atoms with van der Waals surface area (Å²) < 4.78 is 1.90. The third-order valence-corrected chi connectivity index (χ3v) is 5.07. The molecular weight excluding hydrogens is 322 g/mol. The highest BCUT2D eigenvalue weighted by atomic mass is 16.2. The molecule has 0 spiro atoms. The number of piperidine rings is 1. The number of hydrogen-bond acceptors (Lipinski definition) is 4. The van der Waals surface area contributed by atoms with Crippen LogP contribution in [0.3, 0.4) is 0 Å². The SMILES string of the molecule is CNC(=O)c1ccc([C@H]2CCCCN2CC(=O)N2CCNC2=O)n1C. The van der Waals surface area contributed by atoms with E-state index in [1.54, 1.807) is 7.05 Å². The standard InChI is InChI=1S/C17H25N5O3/c1-18-16(24)14-7-6-12(20(14)2)13-5-3-4-9-21(13)11-15(23)22-10-8-19-17(22)25/h6-7,13H,3-5,8-11H2,1-2H3,(H,18,24)(H,19,25)/t13-/m1/s1. The van der Waals surface area contributed by atoms with Gasteiger partial charge in [-0.15, -0.1) is 0 Å². The number of carbonyl (C=O) groups is 3. The average Bonchev–Trinajstić information content (AvgIpc) is 3.20. The van der Waals surface area contributed by atoms with Crippen molar-refractivity contribution < 1.29 is 14.4 Å². The molecule has 1 atom stereocenters. The summed E-state index contributed by atoms with van der Waals surface area (Å²) in [5.74, 6) is -0.288. The summed E-state index contributed by atoms with van der Waals surface area (Å²) in [5.41, 5.74) is 1.63. The number of nitrogens with one attached hydrogen (secondary N) is 2. The second-order valence-electron chi connectivity index (χ2n) is 6.54. The first-order chi connectivity index (χ1) is 12.0. The highest BCUT2D eigenvalue weighted by Gasteiger charge is 2.32. The van der Waals surface area contributed by atoms with Crippen LogP contribution in [-0.2, 0) is 11.8 Å². The molecule has 3 rings (SSSR count). The van der Waals surface area contributed by atoms with Crippen LogP contribution in [0.1, 0.15) is 41.5 Å². The Morgan fingerprint density at radius 2 is 2.08 bits per heavy atom. The lowest BCUT2D eigenvalue weighted by molar-refractivity contribution is -0.129. The van der Waals surface area contributed by atoms with Crippen LogP contribution in [0.2, 0.25) is 0 Å². The molecule has 25 heavy (non-hydrogen) atoms. The Hall–Kier alpha value is -2.35. The van der Waals surface area contributed by atoms with Crippen molar-refractivity contribution in [1.29, 1.82) is 0 Å². The molecule has 2 aliphatic heterocycles. The molecule has 2 N–H and O–H groups in total. The van der Waals surface area contributed by atoms with E-state index in [1.165, 1.54) is 4.90 Å². The van der Waals surface area contributed by atoms with Crippen LogP contribution in [-0.4, -0.2) is 65.4 Å². The third kappa shape index (κ3) is 3.39. The van der Waals surface area contributed by atoms with Gasteiger partial charge in [-0.2, -0.15) is 0 Å². The molecule has 4 amide bonds. The lowest BCUT2D eigenvalue weighted by Crippen LogP contribution is -2.45. The van der Waals surface area contributed by atoms with Gasteiger partial charge in [0, 0.05) is 32.9 Å². The molecule has 0 bridgehead atoms. The van der Waals surface area contributed by atoms with Gasteiger partial charge in [-0.05, 0) is 31.5 Å². The average molecular weight is 347 g/mol. The molecule has 1 aromatic rings. The fourth-order valence-electron chi connectivity index (χ4n) is 3.70. The van der Waals surface area contributed by atoms with Gasteiger partial charge in [-0.1, -0.05) is 6.42 Å². The van der Waals surface area contributed by atoms with E-state index in [0.29, 0.717) is 18.8 Å². The quantitative estimate of drug-likeness (QED) is 0.829. The van der Waals surface area contributed by atoms with Gasteiger partial charge in [0.15, 0.2) is 0 Å². The summed E-state index contributed by atoms with van der Waals surface area (Å²) in [7, 11) is 3.49. The summed E-state index contributed by atoms with van der Waals surface area (Å²) >= 11 is 0. The fraction of sp³-hybridized carbons (Fsp3) is 0.588. The van der Waals surface area contributed by atoms with Crippen molar-refractivity contribution in [3.63, 3.8) is 0 Å². The molecule has 8 heteroatoms. The van der Waals surface area contributed by atoms with Gasteiger partial charge < -0.3 is 15.2 Å². The predicted molar refractivity (Wildman–Crippen MR) is 92.1 cm³/mol. The van der Waals surface area contributed by atoms with Gasteiger partial charge in [0.05, 0.1) is 12.6 Å². The summed E-state index contributed by atoms with van der Waals surface area (Å²) in [4.78, 5) is 39.6. The molecular formula is C17H25N5O3. The normalized spacial score (nSPS) is 21.3. The molecule has 0 saturated carbocycles. The zero-order valence-corrected chi connectivity index (χ0v) is 14.7. The van der Waals surface area contributed by atoms with Crippen molar-refractivity contribution in [2.75, 3.05) is 33.2 Å². The molecule has 2 saturated heterocycles. The Bertz CT molecular complexity index is 684. The summed E-state index contributed by atoms with van der Waals surface area (Å²) in [6.45, 7) is 1.98. The number of imide groups is 1. The number of rotatable bonds is 4. The van der Waals surface area contributed by atoms with Gasteiger partial charge in [-0.25, -0.2) is 4.79 Å². The van der Waals surface area contributed by atoms with E-state index in [-0.39, 0.29) is 30.4 Å². The van der Waals surface area contributed by atoms with E-state index in [4.69, 9.17) is 0 Å². The molecule has 0 aliphatic carbocycles. The Labute approximate surface area is 147 Å². The molecule has 0 radical (unpaired) electrons. The Morgan fingerprint density at radius 3 is 2.76 bits per heavy atom. The number of carbonyl (C=O) groups excluding carboxylic acids is 3. The minimum atomic E-state index is -0.306. The molecule has 2 fully saturated rings. The minimum absolute atomic E-state index is 0.0757. The highest BCUT2D eigenvalue weighted by Crippen LogP contribution is 2.31. The maximum Gasteiger partial charge on any atom is 0.324 e. The molecule has 0 aromatic carbocycles. The number of nitrogens with zero attached hydrogens (tertiary/aromatic N) is 3. The molecule has 136 valence electrons. The summed E-state index contributed by atoms with van der Waals surface area (Å²) in [6, 6.07) is 3.54. The largest absolute Gasteiger partial charge is 0.354 e. The van der Waals surface area contributed by atoms with Gasteiger partial charge in [0.2, 0.25) is 5.91 Å². The van der Waals surface area contributed by atoms with Gasteiger partial charge in [0.25, 0.3) is 5.91 Å². The van der Waals surface area contributed by atoms with E-state index in [9.17, 15) is 14.4 Å². The summed E-state index contributed by atoms with van der Waals surface area (Å²) in [5, 5.41) is 5.31. The van der Waals surface area contributed by atoms with Gasteiger partial charge in [0.1, 0.15) is 5.69 Å². The van der Waals surface area contributed by atoms with E-state index in [0.717, 1.165) is 31.5 Å². The van der Waals surface area contributed by atoms with Gasteiger partial charge >= 0.3 is 6.03 Å². The maximum absolute atomic E-state index is 12.5. The zero-order chi connectivity index (χ0) is 18.0. The molecule has 2 aliphatic rings. The second-order valence-corrected chi connectivity index (χ2v) is 6.54. The number of likely N-dealkylation sites (tertiary alicyclic amines) is 1. The third-order valence-electron chi connectivity index (χ3n) is 5.07. The van der Waals surface area contributed by atoms with Crippen molar-refractivity contribution >= 4 is 17.8 Å². The first-order valence-corrected chi connectivity index (χ1v) is 8.73. The van der Waals surface area contributed by atoms with Crippen LogP contribution in [0, 0.1) is 0 Å². The maximum atomic E-state index is 12.5. The van der Waals surface area contributed by atoms with Gasteiger partial charge in [-0.3, -0.25) is 19.4 Å². The number of hydrogen-bond donors (Lipinski definition) is 2. The van der Waals surface area contributed by atoms with E-state index >= 15 is 0 Å². The first kappa shape index (κ1) is 17.5. The van der Waals surface area contributed by atoms with E-state index in [2.05, 4.69) is 15.5 Å². The highest BCUT2D eigenvalue weighted by molar-refractivity contribution is 5.96. The first-order valence-electron chi connectivity index (χ1n) is 8.73. The van der Waals surface area contributed by atoms with Crippen LogP contribution in [0.25, 0.3) is 0 Å². The topological polar surface area (TPSA) is 86.7 Å². The summed E-state index contributed by atoms with van der Waals surface area (Å²) in [6.07, 6.45) is 3.05. The Morgan fingerprint density at radius 1 is 1.28 bits per heavy atom. The monoisotopic (exact) mass is 347 g/mol. The zero-order valence-electron chi connectivity index (χ0n) is 14.7. The van der Waals surface area contributed by atoms with Crippen molar-refractivity contribution in [3.05, 3.63) is 23.5 Å². The van der Waals surface area contributed by atoms with Crippen molar-refractivity contribution in [1.82, 2.24) is 25.0 Å². The number of aromatic nitrogens is 1. The molecule has 1 aromatic heterocycles. The fourth-order valence-corrected chi connectivity index (χ4v) is 3.70. The van der Waals surface area contributed by atoms with Crippen LogP contribution < -0.4 is 10.6 Å². The Kier molecular flexibility index (Phi) is 5.08. The molecule has 0 unspecified atom stereocenters. The van der Waals surface area contributed by atoms with Crippen LogP contribution in [0.15, 0.2) is 12.1 Å².